The molecule has 0 aliphatic heterocycles. The number of nitrogens with one attached hydrogen (secondary N) is 2. The van der Waals surface area contributed by atoms with E-state index in [9.17, 15) is 13.6 Å². The van der Waals surface area contributed by atoms with Crippen LogP contribution in [0.15, 0.2) is 18.2 Å². The highest BCUT2D eigenvalue weighted by atomic mass is 19.3. The molecule has 0 aromatic heterocycles. The van der Waals surface area contributed by atoms with E-state index in [0.717, 1.165) is 18.4 Å². The van der Waals surface area contributed by atoms with Crippen molar-refractivity contribution in [2.75, 3.05) is 13.7 Å². The number of rotatable bonds is 8. The van der Waals surface area contributed by atoms with Crippen molar-refractivity contribution in [2.45, 2.75) is 32.0 Å². The highest BCUT2D eigenvalue weighted by Gasteiger charge is 2.22. The summed E-state index contributed by atoms with van der Waals surface area (Å²) >= 11 is 0. The molecule has 0 bridgehead atoms. The molecule has 1 aromatic carbocycles. The van der Waals surface area contributed by atoms with Crippen LogP contribution in [0.1, 0.15) is 18.4 Å². The van der Waals surface area contributed by atoms with Crippen molar-refractivity contribution in [3.05, 3.63) is 23.8 Å². The monoisotopic (exact) mass is 300 g/mol. The topological polar surface area (TPSA) is 59.6 Å². The van der Waals surface area contributed by atoms with E-state index in [1.165, 1.54) is 13.2 Å². The van der Waals surface area contributed by atoms with Crippen LogP contribution in [0.4, 0.5) is 8.78 Å². The second kappa shape index (κ2) is 7.21. The zero-order valence-corrected chi connectivity index (χ0v) is 11.7. The van der Waals surface area contributed by atoms with Crippen molar-refractivity contribution in [3.63, 3.8) is 0 Å². The predicted octanol–water partition coefficient (Wildman–Crippen LogP) is 1.66. The molecule has 0 unspecified atom stereocenters. The fourth-order valence-corrected chi connectivity index (χ4v) is 1.85. The maximum absolute atomic E-state index is 12.3. The van der Waals surface area contributed by atoms with Crippen LogP contribution in [0.25, 0.3) is 0 Å². The van der Waals surface area contributed by atoms with Gasteiger partial charge in [-0.1, -0.05) is 6.07 Å². The van der Waals surface area contributed by atoms with Crippen LogP contribution in [-0.4, -0.2) is 32.2 Å². The third kappa shape index (κ3) is 5.18. The molecule has 1 aliphatic carbocycles. The zero-order chi connectivity index (χ0) is 15.2. The third-order valence-corrected chi connectivity index (χ3v) is 3.00. The van der Waals surface area contributed by atoms with Gasteiger partial charge in [0.1, 0.15) is 0 Å². The van der Waals surface area contributed by atoms with Gasteiger partial charge in [-0.3, -0.25) is 4.79 Å². The Morgan fingerprint density at radius 2 is 2.14 bits per heavy atom. The van der Waals surface area contributed by atoms with E-state index in [1.807, 2.05) is 0 Å². The number of alkyl halides is 2. The first kappa shape index (κ1) is 15.5. The van der Waals surface area contributed by atoms with Crippen molar-refractivity contribution in [1.82, 2.24) is 10.6 Å². The van der Waals surface area contributed by atoms with Gasteiger partial charge in [-0.25, -0.2) is 0 Å². The second-order valence-corrected chi connectivity index (χ2v) is 4.81. The van der Waals surface area contributed by atoms with Gasteiger partial charge in [-0.05, 0) is 30.5 Å². The largest absolute Gasteiger partial charge is 0.493 e. The lowest BCUT2D eigenvalue weighted by Gasteiger charge is -2.12. The molecule has 5 nitrogen and oxygen atoms in total. The minimum Gasteiger partial charge on any atom is -0.493 e. The quantitative estimate of drug-likeness (QED) is 0.766. The summed E-state index contributed by atoms with van der Waals surface area (Å²) in [5.41, 5.74) is 0.727. The highest BCUT2D eigenvalue weighted by molar-refractivity contribution is 5.78. The molecule has 1 saturated carbocycles. The molecule has 2 rings (SSSR count). The van der Waals surface area contributed by atoms with Crippen LogP contribution in [-0.2, 0) is 11.3 Å². The van der Waals surface area contributed by atoms with Crippen LogP contribution in [0.5, 0.6) is 11.5 Å². The molecule has 1 amide bonds. The molecule has 0 spiro atoms. The van der Waals surface area contributed by atoms with E-state index in [1.54, 1.807) is 12.1 Å². The fraction of sp³-hybridized carbons (Fsp3) is 0.500. The lowest BCUT2D eigenvalue weighted by atomic mass is 10.2. The second-order valence-electron chi connectivity index (χ2n) is 4.81. The van der Waals surface area contributed by atoms with Crippen LogP contribution in [0.3, 0.4) is 0 Å². The lowest BCUT2D eigenvalue weighted by Crippen LogP contribution is -2.34. The van der Waals surface area contributed by atoms with Gasteiger partial charge in [0.05, 0.1) is 13.7 Å². The molecular formula is C14H18F2N2O3. The Labute approximate surface area is 121 Å². The summed E-state index contributed by atoms with van der Waals surface area (Å²) < 4.78 is 34.0. The molecule has 2 N–H and O–H groups in total. The van der Waals surface area contributed by atoms with E-state index in [-0.39, 0.29) is 24.0 Å². The summed E-state index contributed by atoms with van der Waals surface area (Å²) in [6.07, 6.45) is 2.08. The average molecular weight is 300 g/mol. The van der Waals surface area contributed by atoms with E-state index in [2.05, 4.69) is 15.4 Å². The number of ether oxygens (including phenoxy) is 2. The summed E-state index contributed by atoms with van der Waals surface area (Å²) in [4.78, 5) is 11.5. The van der Waals surface area contributed by atoms with Crippen molar-refractivity contribution in [3.8, 4) is 11.5 Å². The summed E-state index contributed by atoms with van der Waals surface area (Å²) in [5.74, 6) is 0.162. The molecule has 1 fully saturated rings. The Kier molecular flexibility index (Phi) is 5.32. The Balaban J connectivity index is 1.85. The first-order valence-electron chi connectivity index (χ1n) is 6.70. The molecule has 0 atom stereocenters. The molecule has 116 valence electrons. The van der Waals surface area contributed by atoms with E-state index < -0.39 is 6.61 Å². The van der Waals surface area contributed by atoms with Crippen molar-refractivity contribution in [2.24, 2.45) is 0 Å². The first-order valence-corrected chi connectivity index (χ1v) is 6.70. The van der Waals surface area contributed by atoms with Crippen molar-refractivity contribution < 1.29 is 23.0 Å². The van der Waals surface area contributed by atoms with E-state index >= 15 is 0 Å². The normalized spacial score (nSPS) is 14.1. The number of carbonyl (C=O) groups excluding carboxylic acids is 1. The van der Waals surface area contributed by atoms with Gasteiger partial charge in [-0.2, -0.15) is 8.78 Å². The molecule has 0 radical (unpaired) electrons. The van der Waals surface area contributed by atoms with Gasteiger partial charge in [-0.15, -0.1) is 0 Å². The minimum absolute atomic E-state index is 0.0192. The molecule has 0 heterocycles. The van der Waals surface area contributed by atoms with Crippen LogP contribution >= 0.6 is 0 Å². The molecule has 0 saturated heterocycles. The SMILES string of the molecule is COc1ccc(CNCC(=O)NC2CC2)cc1OC(F)F. The maximum atomic E-state index is 12.3. The van der Waals surface area contributed by atoms with Gasteiger partial charge in [0, 0.05) is 12.6 Å². The number of halogens is 2. The Morgan fingerprint density at radius 1 is 1.38 bits per heavy atom. The highest BCUT2D eigenvalue weighted by Crippen LogP contribution is 2.29. The number of amides is 1. The third-order valence-electron chi connectivity index (χ3n) is 3.00. The Bertz CT molecular complexity index is 493. The molecule has 21 heavy (non-hydrogen) atoms. The molecular weight excluding hydrogens is 282 g/mol. The van der Waals surface area contributed by atoms with Gasteiger partial charge >= 0.3 is 6.61 Å². The minimum atomic E-state index is -2.91. The Morgan fingerprint density at radius 3 is 2.76 bits per heavy atom. The standard InChI is InChI=1S/C14H18F2N2O3/c1-20-11-5-2-9(6-12(11)21-14(15)16)7-17-8-13(19)18-10-3-4-10/h2,5-6,10,14,17H,3-4,7-8H2,1H3,(H,18,19). The molecule has 1 aliphatic rings. The summed E-state index contributed by atoms with van der Waals surface area (Å²) in [6, 6.07) is 5.07. The summed E-state index contributed by atoms with van der Waals surface area (Å²) in [6.45, 7) is -2.35. The first-order chi connectivity index (χ1) is 10.1. The van der Waals surface area contributed by atoms with Gasteiger partial charge in [0.2, 0.25) is 5.91 Å². The van der Waals surface area contributed by atoms with Crippen LogP contribution in [0.2, 0.25) is 0 Å². The van der Waals surface area contributed by atoms with Crippen molar-refractivity contribution in [1.29, 1.82) is 0 Å². The van der Waals surface area contributed by atoms with Gasteiger partial charge in [0.25, 0.3) is 0 Å². The maximum Gasteiger partial charge on any atom is 0.387 e. The lowest BCUT2D eigenvalue weighted by molar-refractivity contribution is -0.120. The number of hydrogen-bond donors (Lipinski definition) is 2. The summed E-state index contributed by atoms with van der Waals surface area (Å²) in [7, 11) is 1.38. The summed E-state index contributed by atoms with van der Waals surface area (Å²) in [5, 5.41) is 5.81. The van der Waals surface area contributed by atoms with Crippen LogP contribution < -0.4 is 20.1 Å². The zero-order valence-electron chi connectivity index (χ0n) is 11.7. The van der Waals surface area contributed by atoms with Crippen molar-refractivity contribution >= 4 is 5.91 Å². The van der Waals surface area contributed by atoms with Gasteiger partial charge < -0.3 is 20.1 Å². The average Bonchev–Trinajstić information content (AvgIpc) is 3.22. The number of carbonyl (C=O) groups is 1. The number of benzene rings is 1. The van der Waals surface area contributed by atoms with Crippen LogP contribution in [0, 0.1) is 0 Å². The number of methoxy groups -OCH3 is 1. The number of hydrogen-bond acceptors (Lipinski definition) is 4. The smallest absolute Gasteiger partial charge is 0.387 e. The van der Waals surface area contributed by atoms with E-state index in [0.29, 0.717) is 12.6 Å². The fourth-order valence-electron chi connectivity index (χ4n) is 1.85. The molecule has 7 heteroatoms. The predicted molar refractivity (Wildman–Crippen MR) is 72.5 cm³/mol. The molecule has 1 aromatic rings. The Hall–Kier alpha value is -1.89. The van der Waals surface area contributed by atoms with E-state index in [4.69, 9.17) is 4.74 Å². The van der Waals surface area contributed by atoms with Gasteiger partial charge in [0.15, 0.2) is 11.5 Å².